The molecule has 0 bridgehead atoms. The summed E-state index contributed by atoms with van der Waals surface area (Å²) in [6.45, 7) is 4.55. The van der Waals surface area contributed by atoms with Gasteiger partial charge in [-0.1, -0.05) is 72.8 Å². The monoisotopic (exact) mass is 612 g/mol. The average molecular weight is 613 g/mol. The fraction of sp³-hybridized carbons (Fsp3) is 0.125. The van der Waals surface area contributed by atoms with Crippen molar-refractivity contribution in [3.05, 3.63) is 138 Å². The highest BCUT2D eigenvalue weighted by atomic mass is 16.5. The predicted octanol–water partition coefficient (Wildman–Crippen LogP) is 9.36. The average Bonchev–Trinajstić information content (AvgIpc) is 3.08. The van der Waals surface area contributed by atoms with Gasteiger partial charge in [-0.25, -0.2) is 0 Å². The van der Waals surface area contributed by atoms with E-state index in [4.69, 9.17) is 9.47 Å². The van der Waals surface area contributed by atoms with E-state index in [9.17, 15) is 19.5 Å². The molecule has 0 saturated heterocycles. The Morgan fingerprint density at radius 1 is 0.435 bits per heavy atom. The quantitative estimate of drug-likeness (QED) is 0.189. The molecule has 0 aliphatic rings. The highest BCUT2D eigenvalue weighted by molar-refractivity contribution is 5.99. The molecule has 0 aromatic heterocycles. The number of phenolic OH excluding ortho intramolecular Hbond substituents is 1. The van der Waals surface area contributed by atoms with Crippen LogP contribution in [-0.4, -0.2) is 36.7 Å². The minimum atomic E-state index is 0.0186. The van der Waals surface area contributed by atoms with Crippen molar-refractivity contribution in [2.24, 2.45) is 0 Å². The standard InChI is InChI=1S/C18H16O2.C12H10O2.C10H10O2/c1-19-17-8-5-13(6-9-17)14-3-4-16-12-18(20-2)10-7-15(16)11-14;1-8(13)9-2-3-11-7-12(14)5-4-10(11)6-9;1-7(11)9-3-5-10(6-4-9)8(2)12/h3-12H,1-2H3;2-7,14H,1H3;3-6H,1-2H3. The number of hydrogen-bond acceptors (Lipinski definition) is 6. The largest absolute Gasteiger partial charge is 0.508 e. The number of ether oxygens (including phenoxy) is 2. The van der Waals surface area contributed by atoms with Crippen molar-refractivity contribution in [3.8, 4) is 28.4 Å². The Kier molecular flexibility index (Phi) is 11.0. The number of methoxy groups -OCH3 is 2. The second-order valence-corrected chi connectivity index (χ2v) is 10.6. The molecule has 0 fully saturated rings. The zero-order chi connectivity index (χ0) is 33.2. The van der Waals surface area contributed by atoms with Gasteiger partial charge in [-0.2, -0.15) is 0 Å². The molecule has 0 unspecified atom stereocenters. The molecule has 0 aliphatic carbocycles. The van der Waals surface area contributed by atoms with Crippen LogP contribution in [0.5, 0.6) is 17.2 Å². The Bertz CT molecular complexity index is 1960. The SMILES string of the molecule is CC(=O)c1ccc(C(C)=O)cc1.CC(=O)c1ccc2cc(O)ccc2c1.COc1ccc(-c2ccc3cc(OC)ccc3c2)cc1. The van der Waals surface area contributed by atoms with Crippen molar-refractivity contribution < 1.29 is 29.0 Å². The molecule has 0 aliphatic heterocycles. The number of carbonyl (C=O) groups is 3. The van der Waals surface area contributed by atoms with Crippen LogP contribution in [0.1, 0.15) is 51.8 Å². The van der Waals surface area contributed by atoms with Gasteiger partial charge in [0.1, 0.15) is 17.2 Å². The number of Topliss-reactive ketones (excluding diaryl/α,β-unsaturated/α-hetero) is 3. The maximum atomic E-state index is 11.1. The molecule has 0 spiro atoms. The molecule has 46 heavy (non-hydrogen) atoms. The van der Waals surface area contributed by atoms with E-state index in [-0.39, 0.29) is 23.1 Å². The Balaban J connectivity index is 0.000000163. The van der Waals surface area contributed by atoms with Crippen LogP contribution in [0.15, 0.2) is 121 Å². The number of ketones is 3. The van der Waals surface area contributed by atoms with Crippen LogP contribution in [0.3, 0.4) is 0 Å². The van der Waals surface area contributed by atoms with Crippen molar-refractivity contribution in [2.45, 2.75) is 20.8 Å². The lowest BCUT2D eigenvalue weighted by molar-refractivity contribution is 0.100. The van der Waals surface area contributed by atoms with E-state index >= 15 is 0 Å². The summed E-state index contributed by atoms with van der Waals surface area (Å²) in [7, 11) is 3.37. The van der Waals surface area contributed by atoms with Gasteiger partial charge in [0.2, 0.25) is 0 Å². The maximum absolute atomic E-state index is 11.1. The summed E-state index contributed by atoms with van der Waals surface area (Å²) >= 11 is 0. The second-order valence-electron chi connectivity index (χ2n) is 10.6. The lowest BCUT2D eigenvalue weighted by atomic mass is 10.0. The van der Waals surface area contributed by atoms with Crippen molar-refractivity contribution in [2.75, 3.05) is 14.2 Å². The van der Waals surface area contributed by atoms with Crippen LogP contribution in [-0.2, 0) is 0 Å². The van der Waals surface area contributed by atoms with Gasteiger partial charge in [-0.05, 0) is 102 Å². The zero-order valence-corrected chi connectivity index (χ0v) is 26.5. The highest BCUT2D eigenvalue weighted by Crippen LogP contribution is 2.28. The maximum Gasteiger partial charge on any atom is 0.159 e. The summed E-state index contributed by atoms with van der Waals surface area (Å²) in [5, 5.41) is 13.5. The topological polar surface area (TPSA) is 89.9 Å². The molecular weight excluding hydrogens is 576 g/mol. The van der Waals surface area contributed by atoms with Crippen molar-refractivity contribution in [1.29, 1.82) is 0 Å². The first-order valence-electron chi connectivity index (χ1n) is 14.7. The molecule has 6 aromatic rings. The first kappa shape index (κ1) is 33.1. The molecule has 6 aromatic carbocycles. The van der Waals surface area contributed by atoms with Gasteiger partial charge in [0.15, 0.2) is 17.3 Å². The molecule has 6 nitrogen and oxygen atoms in total. The summed E-state index contributed by atoms with van der Waals surface area (Å²) < 4.78 is 10.4. The third-order valence-electron chi connectivity index (χ3n) is 7.40. The Hall–Kier alpha value is -5.75. The number of phenols is 1. The predicted molar refractivity (Wildman–Crippen MR) is 185 cm³/mol. The first-order valence-corrected chi connectivity index (χ1v) is 14.7. The molecular formula is C40H36O6. The van der Waals surface area contributed by atoms with Crippen molar-refractivity contribution >= 4 is 38.9 Å². The molecule has 6 rings (SSSR count). The third kappa shape index (κ3) is 8.67. The van der Waals surface area contributed by atoms with Crippen LogP contribution in [0, 0.1) is 0 Å². The van der Waals surface area contributed by atoms with E-state index < -0.39 is 0 Å². The molecule has 0 atom stereocenters. The number of hydrogen-bond donors (Lipinski definition) is 1. The van der Waals surface area contributed by atoms with E-state index in [1.54, 1.807) is 69.7 Å². The van der Waals surface area contributed by atoms with E-state index in [0.29, 0.717) is 16.7 Å². The van der Waals surface area contributed by atoms with E-state index in [0.717, 1.165) is 22.3 Å². The third-order valence-corrected chi connectivity index (χ3v) is 7.40. The molecule has 0 saturated carbocycles. The number of aromatic hydroxyl groups is 1. The van der Waals surface area contributed by atoms with Gasteiger partial charge in [-0.15, -0.1) is 0 Å². The summed E-state index contributed by atoms with van der Waals surface area (Å²) in [6, 6.07) is 37.9. The van der Waals surface area contributed by atoms with Crippen LogP contribution in [0.4, 0.5) is 0 Å². The number of rotatable bonds is 6. The lowest BCUT2D eigenvalue weighted by Crippen LogP contribution is -1.95. The summed E-state index contributed by atoms with van der Waals surface area (Å²) in [4.78, 5) is 32.8. The van der Waals surface area contributed by atoms with Crippen LogP contribution in [0.2, 0.25) is 0 Å². The number of benzene rings is 6. The summed E-state index contributed by atoms with van der Waals surface area (Å²) in [5.41, 5.74) is 4.36. The molecule has 0 heterocycles. The Morgan fingerprint density at radius 2 is 0.848 bits per heavy atom. The van der Waals surface area contributed by atoms with Gasteiger partial charge in [0.25, 0.3) is 0 Å². The van der Waals surface area contributed by atoms with E-state index in [1.165, 1.54) is 35.7 Å². The lowest BCUT2D eigenvalue weighted by Gasteiger charge is -2.07. The highest BCUT2D eigenvalue weighted by Gasteiger charge is 2.03. The Labute approximate surface area is 268 Å². The van der Waals surface area contributed by atoms with Gasteiger partial charge in [-0.3, -0.25) is 14.4 Å². The van der Waals surface area contributed by atoms with Crippen LogP contribution in [0.25, 0.3) is 32.7 Å². The fourth-order valence-electron chi connectivity index (χ4n) is 4.71. The van der Waals surface area contributed by atoms with Gasteiger partial charge in [0, 0.05) is 16.7 Å². The van der Waals surface area contributed by atoms with Crippen molar-refractivity contribution in [1.82, 2.24) is 0 Å². The van der Waals surface area contributed by atoms with Crippen molar-refractivity contribution in [3.63, 3.8) is 0 Å². The molecule has 0 amide bonds. The number of carbonyl (C=O) groups excluding carboxylic acids is 3. The molecule has 6 heteroatoms. The molecule has 0 radical (unpaired) electrons. The fourth-order valence-corrected chi connectivity index (χ4v) is 4.71. The first-order chi connectivity index (χ1) is 22.1. The Morgan fingerprint density at radius 3 is 1.41 bits per heavy atom. The summed E-state index contributed by atoms with van der Waals surface area (Å²) in [6.07, 6.45) is 0. The minimum absolute atomic E-state index is 0.0186. The van der Waals surface area contributed by atoms with E-state index in [2.05, 4.69) is 36.4 Å². The molecule has 1 N–H and O–H groups in total. The van der Waals surface area contributed by atoms with Crippen LogP contribution >= 0.6 is 0 Å². The number of fused-ring (bicyclic) bond motifs is 2. The summed E-state index contributed by atoms with van der Waals surface area (Å²) in [5.74, 6) is 2.09. The van der Waals surface area contributed by atoms with Gasteiger partial charge >= 0.3 is 0 Å². The van der Waals surface area contributed by atoms with E-state index in [1.807, 2.05) is 36.4 Å². The molecule has 232 valence electrons. The van der Waals surface area contributed by atoms with Gasteiger partial charge < -0.3 is 14.6 Å². The van der Waals surface area contributed by atoms with Crippen LogP contribution < -0.4 is 9.47 Å². The second kappa shape index (κ2) is 15.3. The zero-order valence-electron chi connectivity index (χ0n) is 26.5. The van der Waals surface area contributed by atoms with Gasteiger partial charge in [0.05, 0.1) is 14.2 Å². The smallest absolute Gasteiger partial charge is 0.159 e. The minimum Gasteiger partial charge on any atom is -0.508 e. The normalized spacial score (nSPS) is 10.2.